The Hall–Kier alpha value is -1.94. The maximum atomic E-state index is 12.5. The number of nitrogens with zero attached hydrogens (tertiary/aromatic N) is 1. The van der Waals surface area contributed by atoms with Crippen LogP contribution in [0.2, 0.25) is 0 Å². The zero-order chi connectivity index (χ0) is 14.4. The Labute approximate surface area is 125 Å². The first-order chi connectivity index (χ1) is 9.49. The Kier molecular flexibility index (Phi) is 2.98. The van der Waals surface area contributed by atoms with E-state index in [1.54, 1.807) is 18.2 Å². The lowest BCUT2D eigenvalue weighted by Gasteiger charge is -2.16. The van der Waals surface area contributed by atoms with Crippen LogP contribution in [0.1, 0.15) is 31.8 Å². The van der Waals surface area contributed by atoms with Crippen molar-refractivity contribution in [2.45, 2.75) is 13.8 Å². The monoisotopic (exact) mass is 329 g/mol. The molecule has 2 amide bonds. The number of carbonyl (C=O) groups is 2. The van der Waals surface area contributed by atoms with Gasteiger partial charge in [-0.3, -0.25) is 9.59 Å². The van der Waals surface area contributed by atoms with Crippen LogP contribution in [0.25, 0.3) is 0 Å². The van der Waals surface area contributed by atoms with E-state index in [0.29, 0.717) is 16.8 Å². The molecule has 0 spiro atoms. The van der Waals surface area contributed by atoms with E-state index in [-0.39, 0.29) is 11.8 Å². The second kappa shape index (κ2) is 4.56. The van der Waals surface area contributed by atoms with E-state index in [0.717, 1.165) is 15.6 Å². The molecule has 20 heavy (non-hydrogen) atoms. The fourth-order valence-corrected chi connectivity index (χ4v) is 3.04. The smallest absolute Gasteiger partial charge is 0.266 e. The number of fused-ring (bicyclic) bond motifs is 1. The van der Waals surface area contributed by atoms with Gasteiger partial charge in [0.05, 0.1) is 16.8 Å². The van der Waals surface area contributed by atoms with Crippen LogP contribution in [-0.4, -0.2) is 11.8 Å². The van der Waals surface area contributed by atoms with Crippen LogP contribution in [0, 0.1) is 13.8 Å². The molecule has 0 aliphatic carbocycles. The average molecular weight is 330 g/mol. The number of hydrogen-bond acceptors (Lipinski definition) is 2. The van der Waals surface area contributed by atoms with Gasteiger partial charge in [0, 0.05) is 4.47 Å². The summed E-state index contributed by atoms with van der Waals surface area (Å²) < 4.78 is 0.740. The first-order valence-electron chi connectivity index (χ1n) is 6.24. The molecule has 0 aromatic heterocycles. The van der Waals surface area contributed by atoms with Crippen molar-refractivity contribution in [1.29, 1.82) is 0 Å². The summed E-state index contributed by atoms with van der Waals surface area (Å²) in [5.41, 5.74) is 3.55. The molecule has 3 rings (SSSR count). The van der Waals surface area contributed by atoms with E-state index in [1.165, 1.54) is 4.90 Å². The van der Waals surface area contributed by atoms with Crippen molar-refractivity contribution in [1.82, 2.24) is 0 Å². The third-order valence-electron chi connectivity index (χ3n) is 3.39. The van der Waals surface area contributed by atoms with Gasteiger partial charge in [-0.15, -0.1) is 0 Å². The molecule has 2 aromatic rings. The van der Waals surface area contributed by atoms with Crippen molar-refractivity contribution in [2.75, 3.05) is 4.90 Å². The molecule has 0 saturated heterocycles. The Morgan fingerprint density at radius 1 is 0.850 bits per heavy atom. The minimum Gasteiger partial charge on any atom is -0.268 e. The lowest BCUT2D eigenvalue weighted by molar-refractivity contribution is 0.0926. The highest BCUT2D eigenvalue weighted by molar-refractivity contribution is 9.10. The van der Waals surface area contributed by atoms with Crippen molar-refractivity contribution in [2.24, 2.45) is 0 Å². The molecule has 1 aliphatic heterocycles. The number of rotatable bonds is 1. The van der Waals surface area contributed by atoms with Gasteiger partial charge in [0.25, 0.3) is 11.8 Å². The van der Waals surface area contributed by atoms with Gasteiger partial charge in [0.15, 0.2) is 0 Å². The van der Waals surface area contributed by atoms with Gasteiger partial charge >= 0.3 is 0 Å². The Morgan fingerprint density at radius 2 is 1.45 bits per heavy atom. The first kappa shape index (κ1) is 13.1. The summed E-state index contributed by atoms with van der Waals surface area (Å²) in [5, 5.41) is 0. The fraction of sp³-hybridized carbons (Fsp3) is 0.125. The number of benzene rings is 2. The summed E-state index contributed by atoms with van der Waals surface area (Å²) >= 11 is 3.43. The molecule has 4 heteroatoms. The third kappa shape index (κ3) is 1.88. The van der Waals surface area contributed by atoms with Gasteiger partial charge in [-0.1, -0.05) is 17.7 Å². The zero-order valence-electron chi connectivity index (χ0n) is 11.1. The SMILES string of the molecule is Cc1ccc(N2C(=O)c3ccc(C)cc3C2=O)c(Br)c1. The Morgan fingerprint density at radius 3 is 2.15 bits per heavy atom. The molecule has 0 atom stereocenters. The summed E-state index contributed by atoms with van der Waals surface area (Å²) in [5.74, 6) is -0.534. The first-order valence-corrected chi connectivity index (χ1v) is 7.04. The van der Waals surface area contributed by atoms with Crippen molar-refractivity contribution in [3.63, 3.8) is 0 Å². The maximum Gasteiger partial charge on any atom is 0.266 e. The van der Waals surface area contributed by atoms with Crippen molar-refractivity contribution in [3.05, 3.63) is 63.1 Å². The number of hydrogen-bond donors (Lipinski definition) is 0. The molecule has 1 aliphatic rings. The molecule has 0 bridgehead atoms. The van der Waals surface area contributed by atoms with E-state index >= 15 is 0 Å². The molecule has 0 unspecified atom stereocenters. The highest BCUT2D eigenvalue weighted by atomic mass is 79.9. The second-order valence-corrected chi connectivity index (χ2v) is 5.80. The van der Waals surface area contributed by atoms with E-state index in [4.69, 9.17) is 0 Å². The van der Waals surface area contributed by atoms with Crippen LogP contribution >= 0.6 is 15.9 Å². The summed E-state index contributed by atoms with van der Waals surface area (Å²) in [6, 6.07) is 10.9. The lowest BCUT2D eigenvalue weighted by atomic mass is 10.1. The molecule has 2 aromatic carbocycles. The van der Waals surface area contributed by atoms with Crippen LogP contribution in [0.15, 0.2) is 40.9 Å². The third-order valence-corrected chi connectivity index (χ3v) is 4.02. The van der Waals surface area contributed by atoms with Crippen LogP contribution in [-0.2, 0) is 0 Å². The highest BCUT2D eigenvalue weighted by Crippen LogP contribution is 2.34. The van der Waals surface area contributed by atoms with Crippen LogP contribution in [0.3, 0.4) is 0 Å². The van der Waals surface area contributed by atoms with Gasteiger partial charge < -0.3 is 0 Å². The highest BCUT2D eigenvalue weighted by Gasteiger charge is 2.37. The molecule has 0 N–H and O–H groups in total. The molecular weight excluding hydrogens is 318 g/mol. The zero-order valence-corrected chi connectivity index (χ0v) is 12.7. The summed E-state index contributed by atoms with van der Waals surface area (Å²) in [6.07, 6.45) is 0. The average Bonchev–Trinajstić information content (AvgIpc) is 2.63. The molecule has 0 radical (unpaired) electrons. The van der Waals surface area contributed by atoms with E-state index < -0.39 is 0 Å². The number of anilines is 1. The summed E-state index contributed by atoms with van der Waals surface area (Å²) in [6.45, 7) is 3.86. The molecular formula is C16H12BrNO2. The molecule has 3 nitrogen and oxygen atoms in total. The topological polar surface area (TPSA) is 37.4 Å². The minimum atomic E-state index is -0.269. The van der Waals surface area contributed by atoms with Crippen molar-refractivity contribution < 1.29 is 9.59 Å². The predicted molar refractivity (Wildman–Crippen MR) is 81.2 cm³/mol. The van der Waals surface area contributed by atoms with Crippen LogP contribution < -0.4 is 4.90 Å². The largest absolute Gasteiger partial charge is 0.268 e. The fourth-order valence-electron chi connectivity index (χ4n) is 2.37. The summed E-state index contributed by atoms with van der Waals surface area (Å²) in [4.78, 5) is 26.2. The second-order valence-electron chi connectivity index (χ2n) is 4.95. The van der Waals surface area contributed by atoms with E-state index in [1.807, 2.05) is 32.0 Å². The van der Waals surface area contributed by atoms with Gasteiger partial charge in [0.1, 0.15) is 0 Å². The van der Waals surface area contributed by atoms with Gasteiger partial charge in [0.2, 0.25) is 0 Å². The van der Waals surface area contributed by atoms with E-state index in [9.17, 15) is 9.59 Å². The van der Waals surface area contributed by atoms with Crippen LogP contribution in [0.5, 0.6) is 0 Å². The maximum absolute atomic E-state index is 12.5. The number of carbonyl (C=O) groups excluding carboxylic acids is 2. The molecule has 0 saturated carbocycles. The Balaban J connectivity index is 2.14. The Bertz CT molecular complexity index is 752. The van der Waals surface area contributed by atoms with Crippen LogP contribution in [0.4, 0.5) is 5.69 Å². The number of imide groups is 1. The normalized spacial score (nSPS) is 13.8. The number of aryl methyl sites for hydroxylation is 2. The molecule has 0 fully saturated rings. The van der Waals surface area contributed by atoms with Crippen molar-refractivity contribution in [3.8, 4) is 0 Å². The van der Waals surface area contributed by atoms with Gasteiger partial charge in [-0.25, -0.2) is 4.90 Å². The number of halogens is 1. The standard InChI is InChI=1S/C16H12BrNO2/c1-9-3-5-11-12(7-9)16(20)18(15(11)19)14-6-4-10(2)8-13(14)17/h3-8H,1-2H3. The minimum absolute atomic E-state index is 0.266. The predicted octanol–water partition coefficient (Wildman–Crippen LogP) is 3.87. The molecule has 1 heterocycles. The van der Waals surface area contributed by atoms with Crippen molar-refractivity contribution >= 4 is 33.4 Å². The quantitative estimate of drug-likeness (QED) is 0.745. The van der Waals surface area contributed by atoms with E-state index in [2.05, 4.69) is 15.9 Å². The van der Waals surface area contributed by atoms with Gasteiger partial charge in [-0.2, -0.15) is 0 Å². The lowest BCUT2D eigenvalue weighted by Crippen LogP contribution is -2.29. The van der Waals surface area contributed by atoms with Gasteiger partial charge in [-0.05, 0) is 59.6 Å². The summed E-state index contributed by atoms with van der Waals surface area (Å²) in [7, 11) is 0. The molecule has 100 valence electrons. The number of amides is 2.